The molecule has 1 aromatic heterocycles. The summed E-state index contributed by atoms with van der Waals surface area (Å²) in [6.07, 6.45) is 3.98. The topological polar surface area (TPSA) is 65.2 Å². The van der Waals surface area contributed by atoms with Crippen molar-refractivity contribution in [2.45, 2.75) is 32.7 Å². The van der Waals surface area contributed by atoms with E-state index in [4.69, 9.17) is 0 Å². The van der Waals surface area contributed by atoms with Crippen molar-refractivity contribution in [3.05, 3.63) is 34.2 Å². The first-order chi connectivity index (χ1) is 9.58. The lowest BCUT2D eigenvalue weighted by molar-refractivity contribution is 0.0927. The maximum absolute atomic E-state index is 12.1. The molecular weight excluding hydrogens is 254 g/mol. The van der Waals surface area contributed by atoms with E-state index >= 15 is 0 Å². The van der Waals surface area contributed by atoms with Gasteiger partial charge in [-0.1, -0.05) is 13.8 Å². The largest absolute Gasteiger partial charge is 0.350 e. The number of likely N-dealkylation sites (tertiary alicyclic amines) is 1. The van der Waals surface area contributed by atoms with Crippen LogP contribution in [0.5, 0.6) is 0 Å². The van der Waals surface area contributed by atoms with Gasteiger partial charge in [-0.15, -0.1) is 0 Å². The average molecular weight is 277 g/mol. The summed E-state index contributed by atoms with van der Waals surface area (Å²) in [5, 5.41) is 2.95. The molecule has 1 fully saturated rings. The predicted molar refractivity (Wildman–Crippen MR) is 78.8 cm³/mol. The fourth-order valence-corrected chi connectivity index (χ4v) is 2.74. The highest BCUT2D eigenvalue weighted by atomic mass is 16.2. The summed E-state index contributed by atoms with van der Waals surface area (Å²) in [6, 6.07) is 3.32. The minimum atomic E-state index is -0.252. The molecule has 1 aliphatic rings. The SMILES string of the molecule is CC(C)C(CNC(=O)c1cc[nH]c(=O)c1)N1CCCC1. The molecule has 20 heavy (non-hydrogen) atoms. The van der Waals surface area contributed by atoms with Gasteiger partial charge in [-0.25, -0.2) is 0 Å². The van der Waals surface area contributed by atoms with Crippen LogP contribution in [0.15, 0.2) is 23.1 Å². The van der Waals surface area contributed by atoms with E-state index in [-0.39, 0.29) is 11.5 Å². The molecule has 2 heterocycles. The highest BCUT2D eigenvalue weighted by Crippen LogP contribution is 2.17. The van der Waals surface area contributed by atoms with E-state index < -0.39 is 0 Å². The van der Waals surface area contributed by atoms with Gasteiger partial charge in [0, 0.05) is 30.4 Å². The molecule has 0 aromatic carbocycles. The summed E-state index contributed by atoms with van der Waals surface area (Å²) in [5.74, 6) is 0.313. The Morgan fingerprint density at radius 2 is 2.10 bits per heavy atom. The van der Waals surface area contributed by atoms with Gasteiger partial charge in [-0.3, -0.25) is 14.5 Å². The molecule has 0 bridgehead atoms. The summed E-state index contributed by atoms with van der Waals surface area (Å²) in [5.41, 5.74) is 0.162. The summed E-state index contributed by atoms with van der Waals surface area (Å²) in [4.78, 5) is 28.2. The molecule has 2 N–H and O–H groups in total. The fourth-order valence-electron chi connectivity index (χ4n) is 2.74. The van der Waals surface area contributed by atoms with E-state index in [1.807, 2.05) is 0 Å². The number of rotatable bonds is 5. The lowest BCUT2D eigenvalue weighted by Gasteiger charge is -2.31. The van der Waals surface area contributed by atoms with Gasteiger partial charge in [0.05, 0.1) is 0 Å². The van der Waals surface area contributed by atoms with Crippen LogP contribution in [0.25, 0.3) is 0 Å². The third kappa shape index (κ3) is 3.70. The van der Waals surface area contributed by atoms with Crippen molar-refractivity contribution < 1.29 is 4.79 Å². The van der Waals surface area contributed by atoms with Crippen LogP contribution >= 0.6 is 0 Å². The number of amides is 1. The summed E-state index contributed by atoms with van der Waals surface area (Å²) in [6.45, 7) is 7.22. The molecule has 0 aliphatic carbocycles. The molecule has 2 rings (SSSR count). The van der Waals surface area contributed by atoms with E-state index in [1.54, 1.807) is 6.07 Å². The first kappa shape index (κ1) is 14.8. The Balaban J connectivity index is 1.95. The second-order valence-electron chi connectivity index (χ2n) is 5.71. The van der Waals surface area contributed by atoms with Crippen molar-refractivity contribution in [1.29, 1.82) is 0 Å². The van der Waals surface area contributed by atoms with E-state index in [9.17, 15) is 9.59 Å². The van der Waals surface area contributed by atoms with Crippen molar-refractivity contribution in [2.24, 2.45) is 5.92 Å². The zero-order valence-corrected chi connectivity index (χ0v) is 12.2. The van der Waals surface area contributed by atoms with Gasteiger partial charge in [0.2, 0.25) is 5.56 Å². The van der Waals surface area contributed by atoms with Crippen LogP contribution in [0.2, 0.25) is 0 Å². The quantitative estimate of drug-likeness (QED) is 0.850. The van der Waals surface area contributed by atoms with E-state index in [0.29, 0.717) is 24.1 Å². The highest BCUT2D eigenvalue weighted by molar-refractivity contribution is 5.93. The molecule has 5 nitrogen and oxygen atoms in total. The van der Waals surface area contributed by atoms with Crippen molar-refractivity contribution >= 4 is 5.91 Å². The van der Waals surface area contributed by atoms with Gasteiger partial charge in [0.1, 0.15) is 0 Å². The lowest BCUT2D eigenvalue weighted by atomic mass is 10.0. The minimum Gasteiger partial charge on any atom is -0.350 e. The Morgan fingerprint density at radius 1 is 1.40 bits per heavy atom. The zero-order chi connectivity index (χ0) is 14.5. The number of pyridine rings is 1. The molecule has 1 aliphatic heterocycles. The van der Waals surface area contributed by atoms with E-state index in [0.717, 1.165) is 13.1 Å². The maximum Gasteiger partial charge on any atom is 0.251 e. The number of aromatic amines is 1. The van der Waals surface area contributed by atoms with Gasteiger partial charge in [-0.05, 0) is 37.9 Å². The molecule has 0 spiro atoms. The first-order valence-electron chi connectivity index (χ1n) is 7.29. The number of carbonyl (C=O) groups excluding carboxylic acids is 1. The Hall–Kier alpha value is -1.62. The third-order valence-electron chi connectivity index (χ3n) is 3.89. The third-order valence-corrected chi connectivity index (χ3v) is 3.89. The highest BCUT2D eigenvalue weighted by Gasteiger charge is 2.24. The average Bonchev–Trinajstić information content (AvgIpc) is 2.92. The molecular formula is C15H23N3O2. The smallest absolute Gasteiger partial charge is 0.251 e. The number of hydrogen-bond acceptors (Lipinski definition) is 3. The number of carbonyl (C=O) groups is 1. The molecule has 1 aromatic rings. The number of H-pyrrole nitrogens is 1. The molecule has 110 valence electrons. The van der Waals surface area contributed by atoms with Crippen molar-refractivity contribution in [1.82, 2.24) is 15.2 Å². The summed E-state index contributed by atoms with van der Waals surface area (Å²) in [7, 11) is 0. The van der Waals surface area contributed by atoms with Gasteiger partial charge in [0.25, 0.3) is 5.91 Å². The van der Waals surface area contributed by atoms with Crippen LogP contribution in [0.1, 0.15) is 37.0 Å². The van der Waals surface area contributed by atoms with Gasteiger partial charge >= 0.3 is 0 Å². The monoisotopic (exact) mass is 277 g/mol. The van der Waals surface area contributed by atoms with Gasteiger partial charge in [-0.2, -0.15) is 0 Å². The fraction of sp³-hybridized carbons (Fsp3) is 0.600. The standard InChI is InChI=1S/C15H23N3O2/c1-11(2)13(18-7-3-4-8-18)10-17-15(20)12-5-6-16-14(19)9-12/h5-6,9,11,13H,3-4,7-8,10H2,1-2H3,(H,16,19)(H,17,20). The second-order valence-corrected chi connectivity index (χ2v) is 5.71. The number of nitrogens with zero attached hydrogens (tertiary/aromatic N) is 1. The molecule has 0 radical (unpaired) electrons. The first-order valence-corrected chi connectivity index (χ1v) is 7.29. The van der Waals surface area contributed by atoms with Crippen molar-refractivity contribution in [3.63, 3.8) is 0 Å². The van der Waals surface area contributed by atoms with Crippen LogP contribution in [-0.2, 0) is 0 Å². The Morgan fingerprint density at radius 3 is 2.70 bits per heavy atom. The Kier molecular flexibility index (Phi) is 4.95. The summed E-state index contributed by atoms with van der Waals surface area (Å²) < 4.78 is 0. The molecule has 5 heteroatoms. The van der Waals surface area contributed by atoms with Crippen LogP contribution in [0, 0.1) is 5.92 Å². The minimum absolute atomic E-state index is 0.180. The van der Waals surface area contributed by atoms with E-state index in [1.165, 1.54) is 25.1 Å². The normalized spacial score (nSPS) is 17.4. The van der Waals surface area contributed by atoms with Gasteiger partial charge in [0.15, 0.2) is 0 Å². The Bertz CT molecular complexity index is 504. The second kappa shape index (κ2) is 6.70. The van der Waals surface area contributed by atoms with Crippen LogP contribution in [-0.4, -0.2) is 41.5 Å². The summed E-state index contributed by atoms with van der Waals surface area (Å²) >= 11 is 0. The van der Waals surface area contributed by atoms with Crippen molar-refractivity contribution in [2.75, 3.05) is 19.6 Å². The van der Waals surface area contributed by atoms with Crippen LogP contribution in [0.4, 0.5) is 0 Å². The molecule has 0 saturated carbocycles. The molecule has 1 amide bonds. The Labute approximate surface area is 119 Å². The number of hydrogen-bond donors (Lipinski definition) is 2. The maximum atomic E-state index is 12.1. The predicted octanol–water partition coefficient (Wildman–Crippen LogP) is 1.23. The number of aromatic nitrogens is 1. The van der Waals surface area contributed by atoms with Crippen LogP contribution in [0.3, 0.4) is 0 Å². The molecule has 1 atom stereocenters. The lowest BCUT2D eigenvalue weighted by Crippen LogP contribution is -2.45. The van der Waals surface area contributed by atoms with Crippen LogP contribution < -0.4 is 10.9 Å². The van der Waals surface area contributed by atoms with Crippen molar-refractivity contribution in [3.8, 4) is 0 Å². The van der Waals surface area contributed by atoms with Gasteiger partial charge < -0.3 is 10.3 Å². The van der Waals surface area contributed by atoms with E-state index in [2.05, 4.69) is 29.0 Å². The molecule has 1 saturated heterocycles. The zero-order valence-electron chi connectivity index (χ0n) is 12.2. The molecule has 1 unspecified atom stereocenters. The number of nitrogens with one attached hydrogen (secondary N) is 2.